The van der Waals surface area contributed by atoms with Crippen LogP contribution in [0, 0.1) is 41.5 Å². The minimum atomic E-state index is 0.614. The van der Waals surface area contributed by atoms with E-state index in [4.69, 9.17) is 9.97 Å². The average molecular weight is 547 g/mol. The molecule has 1 aliphatic rings. The van der Waals surface area contributed by atoms with E-state index in [-0.39, 0.29) is 0 Å². The van der Waals surface area contributed by atoms with Crippen molar-refractivity contribution < 1.29 is 0 Å². The van der Waals surface area contributed by atoms with Gasteiger partial charge >= 0.3 is 0 Å². The molecule has 3 heterocycles. The van der Waals surface area contributed by atoms with Crippen molar-refractivity contribution in [1.82, 2.24) is 19.8 Å². The van der Waals surface area contributed by atoms with Crippen LogP contribution < -0.4 is 0 Å². The zero-order chi connectivity index (χ0) is 29.1. The van der Waals surface area contributed by atoms with E-state index >= 15 is 0 Å². The Bertz CT molecular complexity index is 1470. The molecule has 0 aliphatic carbocycles. The Balaban J connectivity index is 1.20. The maximum Gasteiger partial charge on any atom is 0.0705 e. The Morgan fingerprint density at radius 2 is 1.15 bits per heavy atom. The van der Waals surface area contributed by atoms with Gasteiger partial charge in [-0.2, -0.15) is 0 Å². The third-order valence-corrected chi connectivity index (χ3v) is 9.37. The second kappa shape index (κ2) is 12.7. The van der Waals surface area contributed by atoms with Crippen LogP contribution in [0.25, 0.3) is 22.5 Å². The Labute approximate surface area is 247 Å². The van der Waals surface area contributed by atoms with E-state index in [1.54, 1.807) is 0 Å². The number of pyridine rings is 2. The third-order valence-electron chi connectivity index (χ3n) is 9.37. The second-order valence-corrected chi connectivity index (χ2v) is 12.1. The summed E-state index contributed by atoms with van der Waals surface area (Å²) in [4.78, 5) is 14.7. The summed E-state index contributed by atoms with van der Waals surface area (Å²) < 4.78 is 0. The lowest BCUT2D eigenvalue weighted by molar-refractivity contribution is 0.103. The SMILES string of the molecule is CCN(Cc1ccnc(-c2cc(C)c(C)c(C)c2)c1)C1CCN(Cc2ccnc(-c3cc(C)c(C)c(C)c3)c2)CC1. The maximum atomic E-state index is 4.73. The van der Waals surface area contributed by atoms with Crippen LogP contribution in [0.2, 0.25) is 0 Å². The van der Waals surface area contributed by atoms with Gasteiger partial charge in [-0.25, -0.2) is 0 Å². The Morgan fingerprint density at radius 1 is 0.683 bits per heavy atom. The minimum Gasteiger partial charge on any atom is -0.299 e. The molecule has 0 radical (unpaired) electrons. The van der Waals surface area contributed by atoms with Crippen LogP contribution in [-0.4, -0.2) is 45.4 Å². The summed E-state index contributed by atoms with van der Waals surface area (Å²) in [6.07, 6.45) is 6.36. The van der Waals surface area contributed by atoms with Crippen molar-refractivity contribution in [2.45, 2.75) is 80.4 Å². The molecule has 1 saturated heterocycles. The number of aromatic nitrogens is 2. The van der Waals surface area contributed by atoms with Crippen LogP contribution >= 0.6 is 0 Å². The number of aryl methyl sites for hydroxylation is 4. The quantitative estimate of drug-likeness (QED) is 0.223. The summed E-state index contributed by atoms with van der Waals surface area (Å²) in [7, 11) is 0. The van der Waals surface area contributed by atoms with E-state index in [1.165, 1.54) is 68.5 Å². The zero-order valence-corrected chi connectivity index (χ0v) is 26.1. The molecule has 4 heteroatoms. The molecule has 2 aromatic carbocycles. The van der Waals surface area contributed by atoms with Gasteiger partial charge < -0.3 is 0 Å². The molecule has 0 N–H and O–H groups in total. The number of nitrogens with zero attached hydrogens (tertiary/aromatic N) is 4. The lowest BCUT2D eigenvalue weighted by Gasteiger charge is -2.38. The van der Waals surface area contributed by atoms with Gasteiger partial charge in [-0.15, -0.1) is 0 Å². The van der Waals surface area contributed by atoms with Gasteiger partial charge in [0.1, 0.15) is 0 Å². The van der Waals surface area contributed by atoms with E-state index in [0.717, 1.165) is 44.1 Å². The highest BCUT2D eigenvalue weighted by molar-refractivity contribution is 5.64. The smallest absolute Gasteiger partial charge is 0.0705 e. The molecule has 214 valence electrons. The van der Waals surface area contributed by atoms with Crippen molar-refractivity contribution in [3.8, 4) is 22.5 Å². The fraction of sp³-hybridized carbons (Fsp3) is 0.405. The van der Waals surface area contributed by atoms with E-state index in [2.05, 4.69) is 107 Å². The molecule has 1 aliphatic heterocycles. The fourth-order valence-electron chi connectivity index (χ4n) is 6.26. The summed E-state index contributed by atoms with van der Waals surface area (Å²) >= 11 is 0. The van der Waals surface area contributed by atoms with Gasteiger partial charge in [0, 0.05) is 42.7 Å². The molecule has 0 bridgehead atoms. The van der Waals surface area contributed by atoms with Crippen LogP contribution in [0.5, 0.6) is 0 Å². The number of hydrogen-bond acceptors (Lipinski definition) is 4. The van der Waals surface area contributed by atoms with Gasteiger partial charge in [0.2, 0.25) is 0 Å². The lowest BCUT2D eigenvalue weighted by Crippen LogP contribution is -2.44. The number of hydrogen-bond donors (Lipinski definition) is 0. The largest absolute Gasteiger partial charge is 0.299 e. The molecule has 41 heavy (non-hydrogen) atoms. The molecule has 0 atom stereocenters. The molecule has 0 amide bonds. The molecule has 0 unspecified atom stereocenters. The van der Waals surface area contributed by atoms with Crippen molar-refractivity contribution in [3.05, 3.63) is 105 Å². The molecule has 2 aromatic heterocycles. The first-order valence-corrected chi connectivity index (χ1v) is 15.2. The van der Waals surface area contributed by atoms with Crippen molar-refractivity contribution in [1.29, 1.82) is 0 Å². The minimum absolute atomic E-state index is 0.614. The highest BCUT2D eigenvalue weighted by atomic mass is 15.2. The molecule has 0 spiro atoms. The highest BCUT2D eigenvalue weighted by Crippen LogP contribution is 2.27. The van der Waals surface area contributed by atoms with E-state index in [9.17, 15) is 0 Å². The van der Waals surface area contributed by atoms with Gasteiger partial charge in [-0.05, 0) is 167 Å². The van der Waals surface area contributed by atoms with Crippen LogP contribution in [0.1, 0.15) is 64.3 Å². The summed E-state index contributed by atoms with van der Waals surface area (Å²) in [6, 6.07) is 18.6. The fourth-order valence-corrected chi connectivity index (χ4v) is 6.26. The first kappa shape index (κ1) is 29.2. The maximum absolute atomic E-state index is 4.73. The van der Waals surface area contributed by atoms with Crippen molar-refractivity contribution in [3.63, 3.8) is 0 Å². The summed E-state index contributed by atoms with van der Waals surface area (Å²) in [5.41, 5.74) is 15.4. The van der Waals surface area contributed by atoms with Crippen LogP contribution in [0.4, 0.5) is 0 Å². The average Bonchev–Trinajstić information content (AvgIpc) is 2.97. The van der Waals surface area contributed by atoms with Gasteiger partial charge in [-0.3, -0.25) is 19.8 Å². The topological polar surface area (TPSA) is 32.3 Å². The lowest BCUT2D eigenvalue weighted by atomic mass is 9.97. The van der Waals surface area contributed by atoms with Crippen LogP contribution in [-0.2, 0) is 13.1 Å². The van der Waals surface area contributed by atoms with Crippen molar-refractivity contribution in [2.24, 2.45) is 0 Å². The Kier molecular flexibility index (Phi) is 9.01. The van der Waals surface area contributed by atoms with E-state index in [1.807, 2.05) is 12.4 Å². The Morgan fingerprint density at radius 3 is 1.63 bits per heavy atom. The van der Waals surface area contributed by atoms with Crippen molar-refractivity contribution >= 4 is 0 Å². The number of rotatable bonds is 8. The number of likely N-dealkylation sites (tertiary alicyclic amines) is 1. The van der Waals surface area contributed by atoms with Gasteiger partial charge in [0.15, 0.2) is 0 Å². The molecule has 4 aromatic rings. The first-order valence-electron chi connectivity index (χ1n) is 15.2. The summed E-state index contributed by atoms with van der Waals surface area (Å²) in [6.45, 7) is 20.8. The molecule has 0 saturated carbocycles. The second-order valence-electron chi connectivity index (χ2n) is 12.1. The number of piperidine rings is 1. The highest BCUT2D eigenvalue weighted by Gasteiger charge is 2.24. The van der Waals surface area contributed by atoms with E-state index < -0.39 is 0 Å². The molecular weight excluding hydrogens is 500 g/mol. The van der Waals surface area contributed by atoms with Crippen LogP contribution in [0.3, 0.4) is 0 Å². The standard InChI is InChI=1S/C37H46N4/c1-8-41(24-32-10-14-39-37(22-32)34-19-27(4)30(7)28(5)20-34)35-11-15-40(16-12-35)23-31-9-13-38-36(21-31)33-17-25(2)29(6)26(3)18-33/h9-10,13-14,17-22,35H,8,11-12,15-16,23-24H2,1-7H3. The van der Waals surface area contributed by atoms with Gasteiger partial charge in [0.25, 0.3) is 0 Å². The van der Waals surface area contributed by atoms with Crippen molar-refractivity contribution in [2.75, 3.05) is 19.6 Å². The van der Waals surface area contributed by atoms with Crippen LogP contribution in [0.15, 0.2) is 60.9 Å². The zero-order valence-electron chi connectivity index (χ0n) is 26.1. The normalized spacial score (nSPS) is 14.6. The number of benzene rings is 2. The Hall–Kier alpha value is -3.34. The molecular formula is C37H46N4. The first-order chi connectivity index (χ1) is 19.7. The third kappa shape index (κ3) is 6.77. The van der Waals surface area contributed by atoms with E-state index in [0.29, 0.717) is 6.04 Å². The van der Waals surface area contributed by atoms with Gasteiger partial charge in [0.05, 0.1) is 11.4 Å². The molecule has 4 nitrogen and oxygen atoms in total. The summed E-state index contributed by atoms with van der Waals surface area (Å²) in [5, 5.41) is 0. The predicted octanol–water partition coefficient (Wildman–Crippen LogP) is 8.15. The van der Waals surface area contributed by atoms with Gasteiger partial charge in [-0.1, -0.05) is 6.92 Å². The molecule has 1 fully saturated rings. The monoisotopic (exact) mass is 546 g/mol. The molecule has 5 rings (SSSR count). The summed E-state index contributed by atoms with van der Waals surface area (Å²) in [5.74, 6) is 0. The predicted molar refractivity (Wildman–Crippen MR) is 172 cm³/mol.